The molecule has 0 unspecified atom stereocenters. The first-order chi connectivity index (χ1) is 12.4. The zero-order valence-electron chi connectivity index (χ0n) is 13.3. The number of hydrogen-bond acceptors (Lipinski definition) is 8. The van der Waals surface area contributed by atoms with Gasteiger partial charge in [-0.25, -0.2) is 0 Å². The van der Waals surface area contributed by atoms with Crippen molar-refractivity contribution < 1.29 is 22.6 Å². The lowest BCUT2D eigenvalue weighted by Crippen LogP contribution is -2.37. The summed E-state index contributed by atoms with van der Waals surface area (Å²) in [7, 11) is 0. The summed E-state index contributed by atoms with van der Waals surface area (Å²) in [6, 6.07) is 7.07. The number of anilines is 3. The van der Waals surface area contributed by atoms with E-state index in [1.807, 2.05) is 11.0 Å². The molecule has 0 radical (unpaired) electrons. The number of benzene rings is 1. The Bertz CT molecular complexity index is 818. The lowest BCUT2D eigenvalue weighted by atomic mass is 10.3. The minimum Gasteiger partial charge on any atom is -0.406 e. The second kappa shape index (κ2) is 7.40. The summed E-state index contributed by atoms with van der Waals surface area (Å²) in [5.74, 6) is -0.149. The summed E-state index contributed by atoms with van der Waals surface area (Å²) in [5.41, 5.74) is 0.273. The summed E-state index contributed by atoms with van der Waals surface area (Å²) in [6.07, 6.45) is -4.79. The van der Waals surface area contributed by atoms with Crippen molar-refractivity contribution in [1.29, 1.82) is 5.26 Å². The molecular weight excluding hydrogens is 353 g/mol. The molecule has 2 aromatic rings. The topological polar surface area (TPSA) is 96.2 Å². The van der Waals surface area contributed by atoms with Crippen LogP contribution in [0.25, 0.3) is 0 Å². The van der Waals surface area contributed by atoms with E-state index >= 15 is 0 Å². The van der Waals surface area contributed by atoms with Crippen molar-refractivity contribution in [3.63, 3.8) is 0 Å². The number of halogens is 3. The predicted molar refractivity (Wildman–Crippen MR) is 84.0 cm³/mol. The maximum absolute atomic E-state index is 12.3. The van der Waals surface area contributed by atoms with Crippen LogP contribution in [0, 0.1) is 11.3 Å². The Morgan fingerprint density at radius 3 is 2.65 bits per heavy atom. The van der Waals surface area contributed by atoms with Crippen LogP contribution in [-0.4, -0.2) is 47.6 Å². The highest BCUT2D eigenvalue weighted by Crippen LogP contribution is 2.26. The molecule has 0 spiro atoms. The standard InChI is InChI=1S/C15H13F3N6O2/c16-15(17,18)26-11-3-1-2-10(8-11)20-13-21-12(9-19)22-14(23-13)24-4-6-25-7-5-24/h1-3,8H,4-7H2,(H,20,21,22,23). The minimum absolute atomic E-state index is 0.0437. The van der Waals surface area contributed by atoms with Crippen molar-refractivity contribution in [2.75, 3.05) is 36.5 Å². The van der Waals surface area contributed by atoms with Crippen LogP contribution < -0.4 is 15.0 Å². The molecule has 1 aromatic heterocycles. The number of alkyl halides is 3. The second-order valence-electron chi connectivity index (χ2n) is 5.19. The molecule has 0 bridgehead atoms. The first-order valence-corrected chi connectivity index (χ1v) is 7.55. The fourth-order valence-corrected chi connectivity index (χ4v) is 2.28. The van der Waals surface area contributed by atoms with E-state index in [2.05, 4.69) is 25.0 Å². The van der Waals surface area contributed by atoms with Crippen molar-refractivity contribution in [2.45, 2.75) is 6.36 Å². The molecule has 2 heterocycles. The van der Waals surface area contributed by atoms with E-state index in [-0.39, 0.29) is 23.2 Å². The van der Waals surface area contributed by atoms with Crippen molar-refractivity contribution >= 4 is 17.6 Å². The number of morpholine rings is 1. The van der Waals surface area contributed by atoms with Crippen LogP contribution in [0.4, 0.5) is 30.8 Å². The summed E-state index contributed by atoms with van der Waals surface area (Å²) in [4.78, 5) is 14.0. The zero-order chi connectivity index (χ0) is 18.6. The third kappa shape index (κ3) is 4.70. The number of nitriles is 1. The molecule has 1 fully saturated rings. The smallest absolute Gasteiger partial charge is 0.406 e. The first kappa shape index (κ1) is 17.7. The van der Waals surface area contributed by atoms with Gasteiger partial charge in [0, 0.05) is 24.8 Å². The molecule has 136 valence electrons. The van der Waals surface area contributed by atoms with Crippen LogP contribution in [0.5, 0.6) is 5.75 Å². The molecule has 8 nitrogen and oxygen atoms in total. The Morgan fingerprint density at radius 2 is 1.96 bits per heavy atom. The van der Waals surface area contributed by atoms with E-state index < -0.39 is 6.36 Å². The van der Waals surface area contributed by atoms with Crippen LogP contribution in [0.1, 0.15) is 5.82 Å². The van der Waals surface area contributed by atoms with Crippen LogP contribution in [0.15, 0.2) is 24.3 Å². The molecule has 0 aliphatic carbocycles. The fraction of sp³-hybridized carbons (Fsp3) is 0.333. The first-order valence-electron chi connectivity index (χ1n) is 7.55. The van der Waals surface area contributed by atoms with Gasteiger partial charge in [0.2, 0.25) is 17.7 Å². The van der Waals surface area contributed by atoms with Crippen LogP contribution >= 0.6 is 0 Å². The molecule has 1 aliphatic heterocycles. The van der Waals surface area contributed by atoms with E-state index in [0.717, 1.165) is 6.07 Å². The fourth-order valence-electron chi connectivity index (χ4n) is 2.28. The molecule has 26 heavy (non-hydrogen) atoms. The Balaban J connectivity index is 1.83. The predicted octanol–water partition coefficient (Wildman–Crippen LogP) is 2.22. The lowest BCUT2D eigenvalue weighted by molar-refractivity contribution is -0.274. The third-order valence-electron chi connectivity index (χ3n) is 3.34. The average molecular weight is 366 g/mol. The van der Waals surface area contributed by atoms with Gasteiger partial charge in [-0.1, -0.05) is 6.07 Å². The van der Waals surface area contributed by atoms with Gasteiger partial charge in [-0.05, 0) is 12.1 Å². The van der Waals surface area contributed by atoms with Gasteiger partial charge in [-0.3, -0.25) is 0 Å². The third-order valence-corrected chi connectivity index (χ3v) is 3.34. The maximum Gasteiger partial charge on any atom is 0.573 e. The number of hydrogen-bond donors (Lipinski definition) is 1. The van der Waals surface area contributed by atoms with E-state index in [4.69, 9.17) is 10.00 Å². The molecule has 0 amide bonds. The monoisotopic (exact) mass is 366 g/mol. The highest BCUT2D eigenvalue weighted by atomic mass is 19.4. The number of rotatable bonds is 4. The van der Waals surface area contributed by atoms with E-state index in [1.54, 1.807) is 0 Å². The summed E-state index contributed by atoms with van der Waals surface area (Å²) >= 11 is 0. The molecule has 1 saturated heterocycles. The summed E-state index contributed by atoms with van der Waals surface area (Å²) in [5, 5.41) is 11.9. The minimum atomic E-state index is -4.79. The summed E-state index contributed by atoms with van der Waals surface area (Å²) in [6.45, 7) is 2.13. The van der Waals surface area contributed by atoms with Crippen LogP contribution in [0.2, 0.25) is 0 Å². The Labute approximate surface area is 146 Å². The molecule has 11 heteroatoms. The van der Waals surface area contributed by atoms with Crippen molar-refractivity contribution in [3.8, 4) is 11.8 Å². The maximum atomic E-state index is 12.3. The molecule has 1 aromatic carbocycles. The van der Waals surface area contributed by atoms with Gasteiger partial charge in [0.15, 0.2) is 0 Å². The van der Waals surface area contributed by atoms with E-state index in [1.165, 1.54) is 18.2 Å². The molecule has 1 N–H and O–H groups in total. The van der Waals surface area contributed by atoms with Crippen molar-refractivity contribution in [1.82, 2.24) is 15.0 Å². The average Bonchev–Trinajstić information content (AvgIpc) is 2.61. The van der Waals surface area contributed by atoms with Gasteiger partial charge in [-0.15, -0.1) is 13.2 Å². The van der Waals surface area contributed by atoms with E-state index in [9.17, 15) is 13.2 Å². The molecular formula is C15H13F3N6O2. The second-order valence-corrected chi connectivity index (χ2v) is 5.19. The Kier molecular flexibility index (Phi) is 5.04. The quantitative estimate of drug-likeness (QED) is 0.880. The van der Waals surface area contributed by atoms with Gasteiger partial charge in [0.1, 0.15) is 11.8 Å². The van der Waals surface area contributed by atoms with Gasteiger partial charge < -0.3 is 19.7 Å². The van der Waals surface area contributed by atoms with Gasteiger partial charge >= 0.3 is 6.36 Å². The van der Waals surface area contributed by atoms with E-state index in [0.29, 0.717) is 32.3 Å². The highest BCUT2D eigenvalue weighted by Gasteiger charge is 2.31. The SMILES string of the molecule is N#Cc1nc(Nc2cccc(OC(F)(F)F)c2)nc(N2CCOCC2)n1. The molecule has 0 atom stereocenters. The van der Waals surface area contributed by atoms with Gasteiger partial charge in [-0.2, -0.15) is 20.2 Å². The number of nitrogens with one attached hydrogen (secondary N) is 1. The van der Waals surface area contributed by atoms with Crippen molar-refractivity contribution in [2.24, 2.45) is 0 Å². The Morgan fingerprint density at radius 1 is 1.19 bits per heavy atom. The summed E-state index contributed by atoms with van der Waals surface area (Å²) < 4.78 is 46.1. The number of aromatic nitrogens is 3. The van der Waals surface area contributed by atoms with Crippen molar-refractivity contribution in [3.05, 3.63) is 30.1 Å². The lowest BCUT2D eigenvalue weighted by Gasteiger charge is -2.26. The van der Waals surface area contributed by atoms with Crippen LogP contribution in [-0.2, 0) is 4.74 Å². The van der Waals surface area contributed by atoms with Gasteiger partial charge in [0.25, 0.3) is 0 Å². The van der Waals surface area contributed by atoms with Crippen LogP contribution in [0.3, 0.4) is 0 Å². The Hall–Kier alpha value is -3.13. The largest absolute Gasteiger partial charge is 0.573 e. The highest BCUT2D eigenvalue weighted by molar-refractivity contribution is 5.57. The number of nitrogens with zero attached hydrogens (tertiary/aromatic N) is 5. The normalized spacial score (nSPS) is 14.6. The number of ether oxygens (including phenoxy) is 2. The zero-order valence-corrected chi connectivity index (χ0v) is 13.3. The molecule has 3 rings (SSSR count). The molecule has 1 aliphatic rings. The van der Waals surface area contributed by atoms with Gasteiger partial charge in [0.05, 0.1) is 13.2 Å². The molecule has 0 saturated carbocycles.